The van der Waals surface area contributed by atoms with Crippen LogP contribution in [-0.2, 0) is 47.7 Å². The first-order valence-electron chi connectivity index (χ1n) is 15.9. The Morgan fingerprint density at radius 2 is 1.20 bits per heavy atom. The van der Waals surface area contributed by atoms with Gasteiger partial charge < -0.3 is 102 Å². The quantitative estimate of drug-likeness (QED) is 0.0450. The van der Waals surface area contributed by atoms with Crippen LogP contribution in [0.5, 0.6) is 0 Å². The summed E-state index contributed by atoms with van der Waals surface area (Å²) < 4.78 is 45.2. The molecule has 0 aromatic rings. The van der Waals surface area contributed by atoms with Gasteiger partial charge in [-0.2, -0.15) is 0 Å². The van der Waals surface area contributed by atoms with Gasteiger partial charge in [0.15, 0.2) is 25.7 Å². The molecule has 5 aliphatic rings. The maximum Gasteiger partial charge on any atom is 0.223 e. The number of hydrogen-bond donors (Lipinski definition) is 13. The minimum atomic E-state index is -1.75. The highest BCUT2D eigenvalue weighted by Gasteiger charge is 2.55. The van der Waals surface area contributed by atoms with Gasteiger partial charge in [-0.05, 0) is 6.42 Å². The van der Waals surface area contributed by atoms with Crippen molar-refractivity contribution in [2.24, 2.45) is 22.9 Å². The van der Waals surface area contributed by atoms with Gasteiger partial charge in [0.2, 0.25) is 12.7 Å². The standard InChI is InChI=1S/C26H49N5O18/c27-7-3-8(28)19(45-23-12(30)17(38)15(36)10(5-33)44-23)20(13(7)34)46-24-18(39)21(25(48-24)49-42-2-1-32)47-22-11(29)16(37)14(35)9(43-22)4-31-26-40-6-41-26/h7-26,31-39H,1-6,27-30H2. The molecular weight excluding hydrogens is 670 g/mol. The van der Waals surface area contributed by atoms with E-state index in [-0.39, 0.29) is 26.4 Å². The number of hydrogen-bond acceptors (Lipinski definition) is 23. The molecule has 19 atom stereocenters. The molecule has 17 N–H and O–H groups in total. The third-order valence-electron chi connectivity index (χ3n) is 9.03. The van der Waals surface area contributed by atoms with Gasteiger partial charge in [-0.1, -0.05) is 0 Å². The minimum absolute atomic E-state index is 0.0307. The number of aliphatic hydroxyl groups is 8. The fourth-order valence-corrected chi connectivity index (χ4v) is 6.10. The van der Waals surface area contributed by atoms with Crippen molar-refractivity contribution in [2.75, 3.05) is 33.2 Å². The van der Waals surface area contributed by atoms with Gasteiger partial charge >= 0.3 is 0 Å². The average Bonchev–Trinajstić information content (AvgIpc) is 3.34. The van der Waals surface area contributed by atoms with Crippen LogP contribution in [0.3, 0.4) is 0 Å². The lowest BCUT2D eigenvalue weighted by molar-refractivity contribution is -0.406. The Kier molecular flexibility index (Phi) is 13.8. The lowest BCUT2D eigenvalue weighted by Crippen LogP contribution is -2.68. The van der Waals surface area contributed by atoms with Crippen LogP contribution in [0.4, 0.5) is 0 Å². The Bertz CT molecular complexity index is 1030. The zero-order chi connectivity index (χ0) is 35.6. The van der Waals surface area contributed by atoms with Gasteiger partial charge in [0.05, 0.1) is 31.4 Å². The molecule has 4 heterocycles. The maximum absolute atomic E-state index is 11.4. The van der Waals surface area contributed by atoms with E-state index in [1.165, 1.54) is 0 Å². The van der Waals surface area contributed by atoms with Crippen LogP contribution in [0.25, 0.3) is 0 Å². The van der Waals surface area contributed by atoms with Crippen molar-refractivity contribution in [3.63, 3.8) is 0 Å². The molecule has 0 aromatic carbocycles. The van der Waals surface area contributed by atoms with Crippen LogP contribution in [0, 0.1) is 0 Å². The van der Waals surface area contributed by atoms with Crippen molar-refractivity contribution in [1.29, 1.82) is 0 Å². The fourth-order valence-electron chi connectivity index (χ4n) is 6.10. The molecule has 0 amide bonds. The molecule has 1 saturated carbocycles. The molecule has 1 aliphatic carbocycles. The average molecular weight is 720 g/mol. The van der Waals surface area contributed by atoms with Gasteiger partial charge in [0.25, 0.3) is 0 Å². The van der Waals surface area contributed by atoms with E-state index in [2.05, 4.69) is 5.32 Å². The Hall–Kier alpha value is -0.920. The van der Waals surface area contributed by atoms with Gasteiger partial charge in [-0.15, -0.1) is 0 Å². The highest BCUT2D eigenvalue weighted by atomic mass is 17.2. The summed E-state index contributed by atoms with van der Waals surface area (Å²) in [4.78, 5) is 10.2. The lowest BCUT2D eigenvalue weighted by atomic mass is 9.84. The maximum atomic E-state index is 11.4. The zero-order valence-corrected chi connectivity index (χ0v) is 26.3. The van der Waals surface area contributed by atoms with Gasteiger partial charge in [-0.3, -0.25) is 5.32 Å². The highest BCUT2D eigenvalue weighted by Crippen LogP contribution is 2.35. The number of nitrogens with one attached hydrogen (secondary N) is 1. The van der Waals surface area contributed by atoms with E-state index in [1.807, 2.05) is 0 Å². The summed E-state index contributed by atoms with van der Waals surface area (Å²) in [5.41, 5.74) is 24.6. The van der Waals surface area contributed by atoms with Gasteiger partial charge in [0, 0.05) is 18.6 Å². The van der Waals surface area contributed by atoms with E-state index in [4.69, 9.17) is 75.7 Å². The van der Waals surface area contributed by atoms with Crippen molar-refractivity contribution >= 4 is 0 Å². The van der Waals surface area contributed by atoms with Crippen LogP contribution in [0.2, 0.25) is 0 Å². The Labute approximate surface area is 279 Å². The largest absolute Gasteiger partial charge is 0.394 e. The predicted octanol–water partition coefficient (Wildman–Crippen LogP) is -9.04. The predicted molar refractivity (Wildman–Crippen MR) is 153 cm³/mol. The van der Waals surface area contributed by atoms with Gasteiger partial charge in [-0.25, -0.2) is 9.78 Å². The van der Waals surface area contributed by atoms with E-state index in [9.17, 15) is 35.7 Å². The second kappa shape index (κ2) is 17.3. The smallest absolute Gasteiger partial charge is 0.223 e. The number of ether oxygens (including phenoxy) is 8. The molecule has 286 valence electrons. The number of rotatable bonds is 14. The summed E-state index contributed by atoms with van der Waals surface area (Å²) >= 11 is 0. The molecule has 4 saturated heterocycles. The van der Waals surface area contributed by atoms with E-state index < -0.39 is 136 Å². The summed E-state index contributed by atoms with van der Waals surface area (Å²) in [6.45, 7) is -1.41. The molecule has 23 nitrogen and oxygen atoms in total. The second-order valence-electron chi connectivity index (χ2n) is 12.4. The molecule has 0 bridgehead atoms. The first-order chi connectivity index (χ1) is 23.4. The fraction of sp³-hybridized carbons (Fsp3) is 1.00. The van der Waals surface area contributed by atoms with E-state index in [1.54, 1.807) is 0 Å². The molecule has 0 aromatic heterocycles. The van der Waals surface area contributed by atoms with Crippen molar-refractivity contribution in [1.82, 2.24) is 5.32 Å². The van der Waals surface area contributed by atoms with Crippen LogP contribution in [-0.4, -0.2) is 197 Å². The third-order valence-corrected chi connectivity index (χ3v) is 9.03. The van der Waals surface area contributed by atoms with E-state index in [0.717, 1.165) is 0 Å². The minimum Gasteiger partial charge on any atom is -0.394 e. The monoisotopic (exact) mass is 719 g/mol. The third kappa shape index (κ3) is 8.66. The molecule has 5 fully saturated rings. The van der Waals surface area contributed by atoms with Crippen LogP contribution < -0.4 is 28.3 Å². The summed E-state index contributed by atoms with van der Waals surface area (Å²) in [7, 11) is 0. The van der Waals surface area contributed by atoms with Crippen molar-refractivity contribution < 1.29 is 88.5 Å². The first-order valence-corrected chi connectivity index (χ1v) is 15.9. The molecule has 5 rings (SSSR count). The van der Waals surface area contributed by atoms with E-state index >= 15 is 0 Å². The van der Waals surface area contributed by atoms with Crippen LogP contribution in [0.1, 0.15) is 6.42 Å². The normalized spacial score (nSPS) is 49.6. The molecule has 23 heteroatoms. The summed E-state index contributed by atoms with van der Waals surface area (Å²) in [6.07, 6.45) is -22.7. The molecular formula is C26H49N5O18. The molecule has 19 unspecified atom stereocenters. The van der Waals surface area contributed by atoms with Gasteiger partial charge in [0.1, 0.15) is 67.6 Å². The number of nitrogens with two attached hydrogens (primary N) is 4. The topological polar surface area (TPSA) is 370 Å². The van der Waals surface area contributed by atoms with Crippen molar-refractivity contribution in [3.05, 3.63) is 0 Å². The molecule has 49 heavy (non-hydrogen) atoms. The van der Waals surface area contributed by atoms with Crippen LogP contribution >= 0.6 is 0 Å². The second-order valence-corrected chi connectivity index (χ2v) is 12.4. The lowest BCUT2D eigenvalue weighted by Gasteiger charge is -2.47. The molecule has 0 spiro atoms. The summed E-state index contributed by atoms with van der Waals surface area (Å²) in [5, 5.41) is 85.8. The SMILES string of the molecule is NC1CC(N)C(OC2OC(CO)C(O)C(O)C2N)C(OC2OC(OOCCO)C(OC3OC(CNC4OCO4)C(O)C(O)C3N)C2O)C1O. The molecule has 0 radical (unpaired) electrons. The number of aliphatic hydroxyl groups excluding tert-OH is 8. The first kappa shape index (κ1) is 39.3. The van der Waals surface area contributed by atoms with E-state index in [0.29, 0.717) is 0 Å². The summed E-state index contributed by atoms with van der Waals surface area (Å²) in [5.74, 6) is 0. The Balaban J connectivity index is 1.31. The zero-order valence-electron chi connectivity index (χ0n) is 26.3. The van der Waals surface area contributed by atoms with Crippen molar-refractivity contribution in [3.8, 4) is 0 Å². The highest BCUT2D eigenvalue weighted by molar-refractivity contribution is 5.01. The Morgan fingerprint density at radius 3 is 1.80 bits per heavy atom. The van der Waals surface area contributed by atoms with Crippen LogP contribution in [0.15, 0.2) is 0 Å². The Morgan fingerprint density at radius 1 is 0.612 bits per heavy atom. The van der Waals surface area contributed by atoms with Crippen molar-refractivity contribution in [2.45, 2.75) is 129 Å². The summed E-state index contributed by atoms with van der Waals surface area (Å²) in [6, 6.07) is -4.51. The molecule has 4 aliphatic heterocycles.